The summed E-state index contributed by atoms with van der Waals surface area (Å²) >= 11 is 0. The summed E-state index contributed by atoms with van der Waals surface area (Å²) in [5.41, 5.74) is 3.53. The average Bonchev–Trinajstić information content (AvgIpc) is 2.74. The lowest BCUT2D eigenvalue weighted by Gasteiger charge is -2.27. The molecule has 0 saturated carbocycles. The molecule has 0 bridgehead atoms. The number of aliphatic imine (C=N–C) groups is 1. The molecular formula is C22H33IN4O2S. The van der Waals surface area contributed by atoms with E-state index in [9.17, 15) is 8.42 Å². The second-order valence-electron chi connectivity index (χ2n) is 7.57. The number of benzene rings is 2. The van der Waals surface area contributed by atoms with Gasteiger partial charge in [0.05, 0.1) is 4.90 Å². The molecule has 166 valence electrons. The summed E-state index contributed by atoms with van der Waals surface area (Å²) in [7, 11) is -0.273. The molecule has 3 N–H and O–H groups in total. The van der Waals surface area contributed by atoms with Crippen LogP contribution in [0, 0.1) is 0 Å². The summed E-state index contributed by atoms with van der Waals surface area (Å²) in [5, 5.41) is 6.66. The summed E-state index contributed by atoms with van der Waals surface area (Å²) < 4.78 is 25.9. The van der Waals surface area contributed by atoms with Crippen LogP contribution in [0.2, 0.25) is 0 Å². The van der Waals surface area contributed by atoms with E-state index in [-0.39, 0.29) is 34.3 Å². The minimum absolute atomic E-state index is 0. The molecule has 0 atom stereocenters. The first-order valence-corrected chi connectivity index (χ1v) is 11.3. The molecule has 0 fully saturated rings. The van der Waals surface area contributed by atoms with E-state index in [1.807, 2.05) is 0 Å². The number of nitrogens with zero attached hydrogens (tertiary/aromatic N) is 1. The van der Waals surface area contributed by atoms with E-state index in [0.717, 1.165) is 18.5 Å². The Hall–Kier alpha value is -1.65. The van der Waals surface area contributed by atoms with Crippen LogP contribution in [0.4, 0.5) is 0 Å². The molecular weight excluding hydrogens is 511 g/mol. The standard InChI is InChI=1S/C22H32N4O2S.HI/c1-6-17-7-11-19(12-8-17)22(2,3)16-26-21(23-4)25-15-18-9-13-20(14-10-18)29(27,28)24-5;/h7-14,24H,6,15-16H2,1-5H3,(H2,23,25,26);1H. The molecule has 0 amide bonds. The maximum Gasteiger partial charge on any atom is 0.240 e. The van der Waals surface area contributed by atoms with Crippen molar-refractivity contribution < 1.29 is 8.42 Å². The van der Waals surface area contributed by atoms with E-state index in [2.05, 4.69) is 65.4 Å². The third-order valence-corrected chi connectivity index (χ3v) is 6.46. The summed E-state index contributed by atoms with van der Waals surface area (Å²) in [6, 6.07) is 15.5. The number of hydrogen-bond acceptors (Lipinski definition) is 3. The Bertz CT molecular complexity index is 925. The molecule has 0 heterocycles. The van der Waals surface area contributed by atoms with E-state index in [0.29, 0.717) is 12.5 Å². The van der Waals surface area contributed by atoms with Crippen LogP contribution >= 0.6 is 24.0 Å². The number of rotatable bonds is 8. The van der Waals surface area contributed by atoms with Gasteiger partial charge in [-0.1, -0.05) is 57.2 Å². The van der Waals surface area contributed by atoms with Crippen molar-refractivity contribution in [2.45, 2.75) is 44.0 Å². The zero-order valence-corrected chi connectivity index (χ0v) is 21.5. The molecule has 0 aliphatic rings. The number of nitrogens with one attached hydrogen (secondary N) is 3. The Kier molecular flexibility index (Phi) is 10.3. The van der Waals surface area contributed by atoms with Crippen molar-refractivity contribution in [1.82, 2.24) is 15.4 Å². The predicted molar refractivity (Wildman–Crippen MR) is 135 cm³/mol. The topological polar surface area (TPSA) is 82.6 Å². The van der Waals surface area contributed by atoms with E-state index < -0.39 is 10.0 Å². The highest BCUT2D eigenvalue weighted by atomic mass is 127. The van der Waals surface area contributed by atoms with Gasteiger partial charge in [-0.25, -0.2) is 13.1 Å². The lowest BCUT2D eigenvalue weighted by molar-refractivity contribution is 0.508. The van der Waals surface area contributed by atoms with Gasteiger partial charge in [0.25, 0.3) is 0 Å². The van der Waals surface area contributed by atoms with Crippen LogP contribution in [-0.4, -0.2) is 35.0 Å². The zero-order valence-electron chi connectivity index (χ0n) is 18.3. The predicted octanol–water partition coefficient (Wildman–Crippen LogP) is 3.42. The quantitative estimate of drug-likeness (QED) is 0.270. The molecule has 8 heteroatoms. The minimum atomic E-state index is -3.41. The van der Waals surface area contributed by atoms with Crippen molar-refractivity contribution in [2.75, 3.05) is 20.6 Å². The lowest BCUT2D eigenvalue weighted by atomic mass is 9.84. The van der Waals surface area contributed by atoms with Gasteiger partial charge < -0.3 is 10.6 Å². The molecule has 0 radical (unpaired) electrons. The first-order chi connectivity index (χ1) is 13.7. The van der Waals surface area contributed by atoms with Gasteiger partial charge in [0, 0.05) is 25.6 Å². The van der Waals surface area contributed by atoms with Gasteiger partial charge in [0.1, 0.15) is 0 Å². The zero-order chi connectivity index (χ0) is 21.5. The Balaban J connectivity index is 0.00000450. The maximum absolute atomic E-state index is 11.8. The maximum atomic E-state index is 11.8. The molecule has 0 saturated heterocycles. The fourth-order valence-electron chi connectivity index (χ4n) is 2.91. The average molecular weight is 545 g/mol. The fraction of sp³-hybridized carbons (Fsp3) is 0.409. The van der Waals surface area contributed by atoms with Crippen molar-refractivity contribution in [1.29, 1.82) is 0 Å². The highest BCUT2D eigenvalue weighted by Crippen LogP contribution is 2.22. The van der Waals surface area contributed by atoms with E-state index >= 15 is 0 Å². The van der Waals surface area contributed by atoms with Gasteiger partial charge >= 0.3 is 0 Å². The van der Waals surface area contributed by atoms with Crippen LogP contribution in [0.25, 0.3) is 0 Å². The summed E-state index contributed by atoms with van der Waals surface area (Å²) in [6.45, 7) is 7.84. The van der Waals surface area contributed by atoms with Crippen LogP contribution in [0.3, 0.4) is 0 Å². The number of aryl methyl sites for hydroxylation is 1. The van der Waals surface area contributed by atoms with Gasteiger partial charge in [-0.2, -0.15) is 0 Å². The van der Waals surface area contributed by atoms with Gasteiger partial charge in [-0.05, 0) is 42.3 Å². The molecule has 0 unspecified atom stereocenters. The van der Waals surface area contributed by atoms with Crippen molar-refractivity contribution in [3.05, 3.63) is 65.2 Å². The van der Waals surface area contributed by atoms with Crippen LogP contribution in [0.5, 0.6) is 0 Å². The SMILES string of the molecule is CCc1ccc(C(C)(C)CNC(=NC)NCc2ccc(S(=O)(=O)NC)cc2)cc1.I. The highest BCUT2D eigenvalue weighted by molar-refractivity contribution is 14.0. The second-order valence-corrected chi connectivity index (χ2v) is 9.45. The third-order valence-electron chi connectivity index (χ3n) is 5.03. The second kappa shape index (κ2) is 11.7. The summed E-state index contributed by atoms with van der Waals surface area (Å²) in [6.07, 6.45) is 1.04. The summed E-state index contributed by atoms with van der Waals surface area (Å²) in [4.78, 5) is 4.54. The number of hydrogen-bond donors (Lipinski definition) is 3. The molecule has 0 aliphatic carbocycles. The normalized spacial score (nSPS) is 12.2. The molecule has 6 nitrogen and oxygen atoms in total. The van der Waals surface area contributed by atoms with Gasteiger partial charge in [0.2, 0.25) is 10.0 Å². The largest absolute Gasteiger partial charge is 0.356 e. The molecule has 30 heavy (non-hydrogen) atoms. The Labute approximate surface area is 198 Å². The summed E-state index contributed by atoms with van der Waals surface area (Å²) in [5.74, 6) is 0.704. The van der Waals surface area contributed by atoms with E-state index in [1.54, 1.807) is 31.3 Å². The van der Waals surface area contributed by atoms with E-state index in [4.69, 9.17) is 0 Å². The molecule has 2 rings (SSSR count). The van der Waals surface area contributed by atoms with Gasteiger partial charge in [-0.3, -0.25) is 4.99 Å². The number of guanidine groups is 1. The van der Waals surface area contributed by atoms with Gasteiger partial charge in [-0.15, -0.1) is 24.0 Å². The first-order valence-electron chi connectivity index (χ1n) is 9.78. The molecule has 0 aromatic heterocycles. The van der Waals surface area contributed by atoms with Crippen LogP contribution < -0.4 is 15.4 Å². The van der Waals surface area contributed by atoms with Crippen LogP contribution in [0.15, 0.2) is 58.4 Å². The lowest BCUT2D eigenvalue weighted by Crippen LogP contribution is -2.43. The van der Waals surface area contributed by atoms with Crippen LogP contribution in [-0.2, 0) is 28.4 Å². The first kappa shape index (κ1) is 26.4. The fourth-order valence-corrected chi connectivity index (χ4v) is 3.64. The molecule has 2 aromatic rings. The van der Waals surface area contributed by atoms with Crippen molar-refractivity contribution >= 4 is 40.0 Å². The van der Waals surface area contributed by atoms with Crippen molar-refractivity contribution in [3.8, 4) is 0 Å². The Morgan fingerprint density at radius 3 is 2.03 bits per heavy atom. The van der Waals surface area contributed by atoms with Crippen molar-refractivity contribution in [3.63, 3.8) is 0 Å². The molecule has 0 spiro atoms. The number of sulfonamides is 1. The smallest absolute Gasteiger partial charge is 0.240 e. The van der Waals surface area contributed by atoms with Crippen molar-refractivity contribution in [2.24, 2.45) is 4.99 Å². The third kappa shape index (κ3) is 7.24. The number of halogens is 1. The molecule has 0 aliphatic heterocycles. The van der Waals surface area contributed by atoms with Crippen LogP contribution in [0.1, 0.15) is 37.5 Å². The monoisotopic (exact) mass is 544 g/mol. The Morgan fingerprint density at radius 2 is 1.53 bits per heavy atom. The minimum Gasteiger partial charge on any atom is -0.356 e. The van der Waals surface area contributed by atoms with E-state index in [1.165, 1.54) is 18.2 Å². The molecule has 2 aromatic carbocycles. The Morgan fingerprint density at radius 1 is 0.967 bits per heavy atom. The van der Waals surface area contributed by atoms with Gasteiger partial charge in [0.15, 0.2) is 5.96 Å². The highest BCUT2D eigenvalue weighted by Gasteiger charge is 2.21.